The van der Waals surface area contributed by atoms with Gasteiger partial charge in [0.2, 0.25) is 5.91 Å². The Kier molecular flexibility index (Phi) is 5.32. The Bertz CT molecular complexity index is 644. The number of anilines is 1. The first-order chi connectivity index (χ1) is 10.2. The van der Waals surface area contributed by atoms with E-state index in [2.05, 4.69) is 10.6 Å². The first kappa shape index (κ1) is 15.0. The quantitative estimate of drug-likeness (QED) is 0.859. The summed E-state index contributed by atoms with van der Waals surface area (Å²) < 4.78 is 5.08. The molecule has 0 saturated heterocycles. The second-order valence-electron chi connectivity index (χ2n) is 4.28. The molecule has 5 nitrogen and oxygen atoms in total. The number of carbonyl (C=O) groups is 1. The van der Waals surface area contributed by atoms with Gasteiger partial charge in [0.25, 0.3) is 0 Å². The molecule has 0 bridgehead atoms. The van der Waals surface area contributed by atoms with Gasteiger partial charge in [-0.15, -0.1) is 11.3 Å². The molecule has 6 heteroatoms. The van der Waals surface area contributed by atoms with Crippen molar-refractivity contribution >= 4 is 22.2 Å². The van der Waals surface area contributed by atoms with Crippen molar-refractivity contribution in [3.05, 3.63) is 46.8 Å². The molecule has 21 heavy (non-hydrogen) atoms. The van der Waals surface area contributed by atoms with Crippen LogP contribution >= 0.6 is 11.3 Å². The number of hydrogen-bond acceptors (Lipinski definition) is 5. The molecule has 1 heterocycles. The van der Waals surface area contributed by atoms with Crippen molar-refractivity contribution < 1.29 is 9.53 Å². The summed E-state index contributed by atoms with van der Waals surface area (Å²) in [6.45, 7) is 0.780. The fourth-order valence-corrected chi connectivity index (χ4v) is 2.48. The third-order valence-corrected chi connectivity index (χ3v) is 3.64. The molecule has 0 aliphatic rings. The van der Waals surface area contributed by atoms with E-state index < -0.39 is 0 Å². The van der Waals surface area contributed by atoms with Crippen LogP contribution < -0.4 is 15.4 Å². The van der Waals surface area contributed by atoms with E-state index in [1.54, 1.807) is 18.6 Å². The minimum absolute atomic E-state index is 0.164. The summed E-state index contributed by atoms with van der Waals surface area (Å²) in [7, 11) is 1.62. The molecule has 108 valence electrons. The zero-order chi connectivity index (χ0) is 15.1. The van der Waals surface area contributed by atoms with Crippen LogP contribution in [-0.4, -0.2) is 19.6 Å². The molecule has 0 atom stereocenters. The van der Waals surface area contributed by atoms with Crippen LogP contribution in [0.3, 0.4) is 0 Å². The monoisotopic (exact) mass is 301 g/mol. The number of methoxy groups -OCH3 is 1. The molecule has 2 rings (SSSR count). The van der Waals surface area contributed by atoms with Crippen molar-refractivity contribution in [1.29, 1.82) is 5.26 Å². The molecule has 1 amide bonds. The smallest absolute Gasteiger partial charge is 0.238 e. The van der Waals surface area contributed by atoms with Crippen molar-refractivity contribution in [3.8, 4) is 11.8 Å². The van der Waals surface area contributed by atoms with Crippen molar-refractivity contribution in [1.82, 2.24) is 5.32 Å². The van der Waals surface area contributed by atoms with Crippen LogP contribution in [0.2, 0.25) is 0 Å². The lowest BCUT2D eigenvalue weighted by atomic mass is 10.2. The standard InChI is InChI=1S/C15H15N3O2S/c1-20-13-4-2-11(3-5-13)9-17-10-14(19)18-15-12(8-16)6-7-21-15/h2-7,17H,9-10H2,1H3,(H,18,19). The zero-order valence-corrected chi connectivity index (χ0v) is 12.4. The molecule has 0 saturated carbocycles. The van der Waals surface area contributed by atoms with Gasteiger partial charge in [-0.25, -0.2) is 0 Å². The predicted molar refractivity (Wildman–Crippen MR) is 82.4 cm³/mol. The largest absolute Gasteiger partial charge is 0.497 e. The van der Waals surface area contributed by atoms with Crippen LogP contribution in [0.25, 0.3) is 0 Å². The summed E-state index contributed by atoms with van der Waals surface area (Å²) in [5.41, 5.74) is 1.56. The lowest BCUT2D eigenvalue weighted by Crippen LogP contribution is -2.27. The van der Waals surface area contributed by atoms with E-state index in [0.717, 1.165) is 11.3 Å². The highest BCUT2D eigenvalue weighted by atomic mass is 32.1. The van der Waals surface area contributed by atoms with Gasteiger partial charge in [0, 0.05) is 6.54 Å². The predicted octanol–water partition coefficient (Wildman–Crippen LogP) is 2.36. The van der Waals surface area contributed by atoms with Gasteiger partial charge in [-0.1, -0.05) is 12.1 Å². The van der Waals surface area contributed by atoms with Gasteiger partial charge in [-0.2, -0.15) is 5.26 Å². The van der Waals surface area contributed by atoms with E-state index in [4.69, 9.17) is 10.00 Å². The highest BCUT2D eigenvalue weighted by Crippen LogP contribution is 2.21. The highest BCUT2D eigenvalue weighted by Gasteiger charge is 2.07. The van der Waals surface area contributed by atoms with Crippen LogP contribution in [0.5, 0.6) is 5.75 Å². The van der Waals surface area contributed by atoms with Crippen molar-refractivity contribution in [3.63, 3.8) is 0 Å². The van der Waals surface area contributed by atoms with Gasteiger partial charge in [0.15, 0.2) is 0 Å². The van der Waals surface area contributed by atoms with E-state index in [-0.39, 0.29) is 12.5 Å². The number of rotatable bonds is 6. The molecule has 0 fully saturated rings. The fraction of sp³-hybridized carbons (Fsp3) is 0.200. The summed E-state index contributed by atoms with van der Waals surface area (Å²) >= 11 is 1.34. The summed E-state index contributed by atoms with van der Waals surface area (Å²) in [6.07, 6.45) is 0. The summed E-state index contributed by atoms with van der Waals surface area (Å²) in [5.74, 6) is 0.640. The molecule has 1 aromatic carbocycles. The van der Waals surface area contributed by atoms with Gasteiger partial charge in [-0.05, 0) is 29.1 Å². The first-order valence-corrected chi connectivity index (χ1v) is 7.22. The third kappa shape index (κ3) is 4.31. The number of benzene rings is 1. The van der Waals surface area contributed by atoms with Crippen LogP contribution in [-0.2, 0) is 11.3 Å². The maximum Gasteiger partial charge on any atom is 0.238 e. The number of ether oxygens (including phenoxy) is 1. The molecule has 0 unspecified atom stereocenters. The molecule has 0 aliphatic carbocycles. The lowest BCUT2D eigenvalue weighted by molar-refractivity contribution is -0.115. The number of nitriles is 1. The second kappa shape index (κ2) is 7.43. The number of nitrogens with zero attached hydrogens (tertiary/aromatic N) is 1. The Morgan fingerprint density at radius 3 is 2.76 bits per heavy atom. The Morgan fingerprint density at radius 2 is 2.10 bits per heavy atom. The molecule has 0 radical (unpaired) electrons. The topological polar surface area (TPSA) is 74.2 Å². The van der Waals surface area contributed by atoms with Gasteiger partial charge in [-0.3, -0.25) is 4.79 Å². The van der Waals surface area contributed by atoms with E-state index in [1.807, 2.05) is 30.3 Å². The van der Waals surface area contributed by atoms with E-state index in [0.29, 0.717) is 17.1 Å². The van der Waals surface area contributed by atoms with Crippen molar-refractivity contribution in [2.24, 2.45) is 0 Å². The Hall–Kier alpha value is -2.36. The van der Waals surface area contributed by atoms with Gasteiger partial charge in [0.05, 0.1) is 19.2 Å². The summed E-state index contributed by atoms with van der Waals surface area (Å²) in [6, 6.07) is 11.4. The van der Waals surface area contributed by atoms with E-state index >= 15 is 0 Å². The number of carbonyl (C=O) groups excluding carboxylic acids is 1. The first-order valence-electron chi connectivity index (χ1n) is 6.34. The molecule has 0 aliphatic heterocycles. The van der Waals surface area contributed by atoms with E-state index in [9.17, 15) is 4.79 Å². The molecule has 2 N–H and O–H groups in total. The second-order valence-corrected chi connectivity index (χ2v) is 5.19. The number of hydrogen-bond donors (Lipinski definition) is 2. The lowest BCUT2D eigenvalue weighted by Gasteiger charge is -2.06. The minimum atomic E-state index is -0.164. The fourth-order valence-electron chi connectivity index (χ4n) is 1.73. The Morgan fingerprint density at radius 1 is 1.33 bits per heavy atom. The molecular formula is C15H15N3O2S. The molecule has 0 spiro atoms. The van der Waals surface area contributed by atoms with Gasteiger partial charge in [0.1, 0.15) is 16.8 Å². The average molecular weight is 301 g/mol. The Labute approximate surface area is 127 Å². The Balaban J connectivity index is 1.78. The average Bonchev–Trinajstić information content (AvgIpc) is 2.95. The number of amides is 1. The van der Waals surface area contributed by atoms with Gasteiger partial charge >= 0.3 is 0 Å². The normalized spacial score (nSPS) is 9.90. The molecule has 1 aromatic heterocycles. The maximum absolute atomic E-state index is 11.8. The highest BCUT2D eigenvalue weighted by molar-refractivity contribution is 7.14. The van der Waals surface area contributed by atoms with Crippen LogP contribution in [0.4, 0.5) is 5.00 Å². The zero-order valence-electron chi connectivity index (χ0n) is 11.6. The molecular weight excluding hydrogens is 286 g/mol. The van der Waals surface area contributed by atoms with Crippen LogP contribution in [0.1, 0.15) is 11.1 Å². The number of thiophene rings is 1. The van der Waals surface area contributed by atoms with Crippen LogP contribution in [0.15, 0.2) is 35.7 Å². The third-order valence-electron chi connectivity index (χ3n) is 2.81. The SMILES string of the molecule is COc1ccc(CNCC(=O)Nc2sccc2C#N)cc1. The van der Waals surface area contributed by atoms with Crippen molar-refractivity contribution in [2.75, 3.05) is 19.0 Å². The minimum Gasteiger partial charge on any atom is -0.497 e. The van der Waals surface area contributed by atoms with Crippen LogP contribution in [0, 0.1) is 11.3 Å². The molecule has 2 aromatic rings. The summed E-state index contributed by atoms with van der Waals surface area (Å²) in [4.78, 5) is 11.8. The number of nitrogens with one attached hydrogen (secondary N) is 2. The van der Waals surface area contributed by atoms with Gasteiger partial charge < -0.3 is 15.4 Å². The maximum atomic E-state index is 11.8. The van der Waals surface area contributed by atoms with Crippen molar-refractivity contribution in [2.45, 2.75) is 6.54 Å². The summed E-state index contributed by atoms with van der Waals surface area (Å²) in [5, 5.41) is 17.0. The van der Waals surface area contributed by atoms with E-state index in [1.165, 1.54) is 11.3 Å².